The third-order valence-electron chi connectivity index (χ3n) is 2.79. The highest BCUT2D eigenvalue weighted by molar-refractivity contribution is 6.04. The summed E-state index contributed by atoms with van der Waals surface area (Å²) >= 11 is 0. The third kappa shape index (κ3) is 3.31. The predicted molar refractivity (Wildman–Crippen MR) is 75.4 cm³/mol. The first kappa shape index (κ1) is 14.8. The van der Waals surface area contributed by atoms with Crippen LogP contribution in [0.15, 0.2) is 24.4 Å². The van der Waals surface area contributed by atoms with Crippen molar-refractivity contribution in [3.63, 3.8) is 0 Å². The molecular formula is C14H14F2N4O. The number of rotatable bonds is 3. The Balaban J connectivity index is 2.22. The van der Waals surface area contributed by atoms with E-state index in [1.165, 1.54) is 12.3 Å². The molecule has 0 saturated carbocycles. The predicted octanol–water partition coefficient (Wildman–Crippen LogP) is 2.38. The van der Waals surface area contributed by atoms with Crippen molar-refractivity contribution in [2.75, 3.05) is 24.3 Å². The van der Waals surface area contributed by atoms with Crippen molar-refractivity contribution in [1.82, 2.24) is 9.97 Å². The highest BCUT2D eigenvalue weighted by atomic mass is 19.2. The lowest BCUT2D eigenvalue weighted by Gasteiger charge is -2.12. The van der Waals surface area contributed by atoms with Crippen molar-refractivity contribution >= 4 is 17.5 Å². The van der Waals surface area contributed by atoms with Crippen LogP contribution in [0.25, 0.3) is 0 Å². The topological polar surface area (TPSA) is 58.1 Å². The van der Waals surface area contributed by atoms with Crippen LogP contribution in [0.4, 0.5) is 20.4 Å². The Hall–Kier alpha value is -2.57. The molecule has 0 spiro atoms. The van der Waals surface area contributed by atoms with Crippen LogP contribution in [0.3, 0.4) is 0 Å². The number of benzene rings is 1. The Morgan fingerprint density at radius 2 is 1.95 bits per heavy atom. The van der Waals surface area contributed by atoms with Crippen LogP contribution in [-0.4, -0.2) is 30.0 Å². The maximum Gasteiger partial charge on any atom is 0.259 e. The van der Waals surface area contributed by atoms with Gasteiger partial charge in [-0.1, -0.05) is 0 Å². The van der Waals surface area contributed by atoms with Crippen molar-refractivity contribution in [2.24, 2.45) is 0 Å². The second-order valence-corrected chi connectivity index (χ2v) is 4.65. The molecule has 110 valence electrons. The third-order valence-corrected chi connectivity index (χ3v) is 2.79. The molecule has 1 N–H and O–H groups in total. The van der Waals surface area contributed by atoms with Gasteiger partial charge < -0.3 is 10.2 Å². The van der Waals surface area contributed by atoms with Crippen LogP contribution >= 0.6 is 0 Å². The van der Waals surface area contributed by atoms with Crippen LogP contribution in [0.1, 0.15) is 16.1 Å². The number of anilines is 2. The fraction of sp³-hybridized carbons (Fsp3) is 0.214. The van der Waals surface area contributed by atoms with E-state index in [4.69, 9.17) is 0 Å². The molecule has 0 bridgehead atoms. The first-order valence-corrected chi connectivity index (χ1v) is 6.16. The fourth-order valence-corrected chi connectivity index (χ4v) is 1.67. The lowest BCUT2D eigenvalue weighted by atomic mass is 10.2. The molecule has 0 aliphatic carbocycles. The van der Waals surface area contributed by atoms with Gasteiger partial charge in [-0.05, 0) is 19.1 Å². The van der Waals surface area contributed by atoms with Gasteiger partial charge in [0.15, 0.2) is 11.6 Å². The standard InChI is InChI=1S/C14H14F2N4O/c1-8-10(7-17-14(18-8)20(2)3)13(21)19-9-4-5-11(15)12(16)6-9/h4-7H,1-3H3,(H,19,21). The summed E-state index contributed by atoms with van der Waals surface area (Å²) in [5.74, 6) is -1.99. The lowest BCUT2D eigenvalue weighted by molar-refractivity contribution is 0.102. The minimum absolute atomic E-state index is 0.162. The summed E-state index contributed by atoms with van der Waals surface area (Å²) in [5.41, 5.74) is 0.925. The zero-order valence-corrected chi connectivity index (χ0v) is 11.8. The Morgan fingerprint density at radius 3 is 2.52 bits per heavy atom. The first-order valence-electron chi connectivity index (χ1n) is 6.16. The van der Waals surface area contributed by atoms with Gasteiger partial charge in [-0.15, -0.1) is 0 Å². The smallest absolute Gasteiger partial charge is 0.259 e. The summed E-state index contributed by atoms with van der Waals surface area (Å²) in [4.78, 5) is 22.0. The molecule has 0 aliphatic heterocycles. The van der Waals surface area contributed by atoms with Gasteiger partial charge >= 0.3 is 0 Å². The lowest BCUT2D eigenvalue weighted by Crippen LogP contribution is -2.18. The van der Waals surface area contributed by atoms with E-state index in [1.54, 1.807) is 25.9 Å². The van der Waals surface area contributed by atoms with Gasteiger partial charge in [-0.2, -0.15) is 0 Å². The summed E-state index contributed by atoms with van der Waals surface area (Å²) in [7, 11) is 3.58. The van der Waals surface area contributed by atoms with Crippen LogP contribution < -0.4 is 10.2 Å². The monoisotopic (exact) mass is 292 g/mol. The Morgan fingerprint density at radius 1 is 1.24 bits per heavy atom. The van der Waals surface area contributed by atoms with E-state index in [-0.39, 0.29) is 11.3 Å². The van der Waals surface area contributed by atoms with E-state index >= 15 is 0 Å². The van der Waals surface area contributed by atoms with Crippen LogP contribution in [0.5, 0.6) is 0 Å². The maximum absolute atomic E-state index is 13.1. The van der Waals surface area contributed by atoms with Gasteiger partial charge in [0, 0.05) is 32.0 Å². The highest BCUT2D eigenvalue weighted by Gasteiger charge is 2.13. The van der Waals surface area contributed by atoms with E-state index in [1.807, 2.05) is 0 Å². The SMILES string of the molecule is Cc1nc(N(C)C)ncc1C(=O)Nc1ccc(F)c(F)c1. The summed E-state index contributed by atoms with van der Waals surface area (Å²) in [5, 5.41) is 2.48. The van der Waals surface area contributed by atoms with Crippen LogP contribution in [0.2, 0.25) is 0 Å². The van der Waals surface area contributed by atoms with Crippen LogP contribution in [0, 0.1) is 18.6 Å². The molecule has 5 nitrogen and oxygen atoms in total. The van der Waals surface area contributed by atoms with Gasteiger partial charge in [0.25, 0.3) is 5.91 Å². The Labute approximate surface area is 120 Å². The van der Waals surface area contributed by atoms with Crippen molar-refractivity contribution in [2.45, 2.75) is 6.92 Å². The molecule has 2 rings (SSSR count). The van der Waals surface area contributed by atoms with Gasteiger partial charge in [0.2, 0.25) is 5.95 Å². The van der Waals surface area contributed by atoms with E-state index in [0.717, 1.165) is 12.1 Å². The number of amides is 1. The number of hydrogen-bond acceptors (Lipinski definition) is 4. The maximum atomic E-state index is 13.1. The molecular weight excluding hydrogens is 278 g/mol. The molecule has 0 atom stereocenters. The van der Waals surface area contributed by atoms with E-state index in [0.29, 0.717) is 11.6 Å². The van der Waals surface area contributed by atoms with E-state index in [2.05, 4.69) is 15.3 Å². The molecule has 2 aromatic rings. The molecule has 7 heteroatoms. The van der Waals surface area contributed by atoms with E-state index in [9.17, 15) is 13.6 Å². The number of aryl methyl sites for hydroxylation is 1. The van der Waals surface area contributed by atoms with Crippen molar-refractivity contribution in [1.29, 1.82) is 0 Å². The zero-order chi connectivity index (χ0) is 15.6. The molecule has 0 fully saturated rings. The van der Waals surface area contributed by atoms with Crippen LogP contribution in [-0.2, 0) is 0 Å². The normalized spacial score (nSPS) is 10.3. The number of halogens is 2. The van der Waals surface area contributed by atoms with Crippen molar-refractivity contribution < 1.29 is 13.6 Å². The number of carbonyl (C=O) groups excluding carboxylic acids is 1. The first-order chi connectivity index (χ1) is 9.88. The highest BCUT2D eigenvalue weighted by Crippen LogP contribution is 2.15. The molecule has 1 aromatic carbocycles. The average molecular weight is 292 g/mol. The minimum atomic E-state index is -1.02. The van der Waals surface area contributed by atoms with E-state index < -0.39 is 17.5 Å². The molecule has 0 aliphatic rings. The molecule has 0 saturated heterocycles. The molecule has 21 heavy (non-hydrogen) atoms. The summed E-state index contributed by atoms with van der Waals surface area (Å²) < 4.78 is 25.9. The van der Waals surface area contributed by atoms with Crippen molar-refractivity contribution in [3.8, 4) is 0 Å². The number of hydrogen-bond donors (Lipinski definition) is 1. The summed E-state index contributed by atoms with van der Waals surface area (Å²) in [6.45, 7) is 1.68. The minimum Gasteiger partial charge on any atom is -0.347 e. The Kier molecular flexibility index (Phi) is 4.11. The number of nitrogens with one attached hydrogen (secondary N) is 1. The number of carbonyl (C=O) groups is 1. The fourth-order valence-electron chi connectivity index (χ4n) is 1.67. The zero-order valence-electron chi connectivity index (χ0n) is 11.8. The van der Waals surface area contributed by atoms with Gasteiger partial charge in [-0.25, -0.2) is 18.7 Å². The quantitative estimate of drug-likeness (QED) is 0.943. The second-order valence-electron chi connectivity index (χ2n) is 4.65. The molecule has 1 aromatic heterocycles. The second kappa shape index (κ2) is 5.82. The molecule has 0 radical (unpaired) electrons. The number of aromatic nitrogens is 2. The summed E-state index contributed by atoms with van der Waals surface area (Å²) in [6.07, 6.45) is 1.40. The number of nitrogens with zero attached hydrogens (tertiary/aromatic N) is 3. The van der Waals surface area contributed by atoms with Gasteiger partial charge in [-0.3, -0.25) is 4.79 Å². The average Bonchev–Trinajstić information content (AvgIpc) is 2.42. The van der Waals surface area contributed by atoms with Crippen molar-refractivity contribution in [3.05, 3.63) is 47.3 Å². The molecule has 1 heterocycles. The van der Waals surface area contributed by atoms with Gasteiger partial charge in [0.1, 0.15) is 0 Å². The summed E-state index contributed by atoms with van der Waals surface area (Å²) in [6, 6.07) is 3.14. The van der Waals surface area contributed by atoms with Gasteiger partial charge in [0.05, 0.1) is 11.3 Å². The molecule has 0 unspecified atom stereocenters. The largest absolute Gasteiger partial charge is 0.347 e. The Bertz CT molecular complexity index is 689. The molecule has 1 amide bonds.